The van der Waals surface area contributed by atoms with E-state index in [1.807, 2.05) is 13.0 Å². The smallest absolute Gasteiger partial charge is 0.335 e. The highest BCUT2D eigenvalue weighted by Crippen LogP contribution is 2.19. The number of carboxylic acid groups (broad SMARTS) is 1. The molecule has 0 saturated carbocycles. The number of benzene rings is 1. The van der Waals surface area contributed by atoms with Gasteiger partial charge in [-0.1, -0.05) is 6.07 Å². The molecule has 0 saturated heterocycles. The van der Waals surface area contributed by atoms with Gasteiger partial charge < -0.3 is 16.2 Å². The SMILES string of the molecule is Cc1cc(Nc2cccc(C(=O)O)c2)ncc1N. The van der Waals surface area contributed by atoms with Gasteiger partial charge in [-0.2, -0.15) is 0 Å². The number of carboxylic acids is 1. The number of nitrogens with zero attached hydrogens (tertiary/aromatic N) is 1. The fourth-order valence-electron chi connectivity index (χ4n) is 1.51. The average molecular weight is 243 g/mol. The van der Waals surface area contributed by atoms with Gasteiger partial charge in [0.2, 0.25) is 0 Å². The average Bonchev–Trinajstić information content (AvgIpc) is 2.34. The van der Waals surface area contributed by atoms with Crippen molar-refractivity contribution in [1.29, 1.82) is 0 Å². The van der Waals surface area contributed by atoms with Crippen molar-refractivity contribution in [2.45, 2.75) is 6.92 Å². The molecule has 0 radical (unpaired) electrons. The number of anilines is 3. The lowest BCUT2D eigenvalue weighted by Crippen LogP contribution is -2.00. The molecular weight excluding hydrogens is 230 g/mol. The van der Waals surface area contributed by atoms with Gasteiger partial charge in [0.05, 0.1) is 17.4 Å². The van der Waals surface area contributed by atoms with E-state index in [-0.39, 0.29) is 5.56 Å². The molecule has 0 aliphatic rings. The monoisotopic (exact) mass is 243 g/mol. The second-order valence-electron chi connectivity index (χ2n) is 3.94. The van der Waals surface area contributed by atoms with Crippen molar-refractivity contribution in [3.05, 3.63) is 47.7 Å². The van der Waals surface area contributed by atoms with Crippen LogP contribution in [-0.2, 0) is 0 Å². The number of carbonyl (C=O) groups is 1. The van der Waals surface area contributed by atoms with Gasteiger partial charge in [0.25, 0.3) is 0 Å². The number of rotatable bonds is 3. The summed E-state index contributed by atoms with van der Waals surface area (Å²) in [5, 5.41) is 11.9. The summed E-state index contributed by atoms with van der Waals surface area (Å²) < 4.78 is 0. The number of aromatic nitrogens is 1. The number of pyridine rings is 1. The van der Waals surface area contributed by atoms with E-state index < -0.39 is 5.97 Å². The van der Waals surface area contributed by atoms with Crippen LogP contribution < -0.4 is 11.1 Å². The van der Waals surface area contributed by atoms with Gasteiger partial charge in [0.15, 0.2) is 0 Å². The molecule has 0 aliphatic carbocycles. The summed E-state index contributed by atoms with van der Waals surface area (Å²) in [6.07, 6.45) is 1.57. The maximum Gasteiger partial charge on any atom is 0.335 e. The van der Waals surface area contributed by atoms with Crippen LogP contribution in [0.1, 0.15) is 15.9 Å². The topological polar surface area (TPSA) is 88.2 Å². The first kappa shape index (κ1) is 11.9. The van der Waals surface area contributed by atoms with E-state index in [0.29, 0.717) is 17.2 Å². The maximum atomic E-state index is 10.8. The van der Waals surface area contributed by atoms with E-state index >= 15 is 0 Å². The first-order valence-corrected chi connectivity index (χ1v) is 5.39. The molecule has 1 aromatic carbocycles. The molecule has 18 heavy (non-hydrogen) atoms. The quantitative estimate of drug-likeness (QED) is 0.770. The van der Waals surface area contributed by atoms with E-state index in [9.17, 15) is 4.79 Å². The normalized spacial score (nSPS) is 10.1. The summed E-state index contributed by atoms with van der Waals surface area (Å²) in [6.45, 7) is 1.88. The van der Waals surface area contributed by atoms with Crippen LogP contribution in [0.25, 0.3) is 0 Å². The van der Waals surface area contributed by atoms with Gasteiger partial charge in [-0.25, -0.2) is 9.78 Å². The molecule has 2 aromatic rings. The first-order chi connectivity index (χ1) is 8.56. The highest BCUT2D eigenvalue weighted by Gasteiger charge is 2.04. The molecule has 0 unspecified atom stereocenters. The zero-order valence-corrected chi connectivity index (χ0v) is 9.84. The molecule has 0 bridgehead atoms. The number of nitrogens with two attached hydrogens (primary N) is 1. The van der Waals surface area contributed by atoms with Gasteiger partial charge >= 0.3 is 5.97 Å². The zero-order valence-electron chi connectivity index (χ0n) is 9.84. The van der Waals surface area contributed by atoms with Gasteiger partial charge in [-0.15, -0.1) is 0 Å². The van der Waals surface area contributed by atoms with Gasteiger partial charge in [0, 0.05) is 5.69 Å². The van der Waals surface area contributed by atoms with Gasteiger partial charge in [0.1, 0.15) is 5.82 Å². The predicted molar refractivity (Wildman–Crippen MR) is 70.1 cm³/mol. The minimum Gasteiger partial charge on any atom is -0.478 e. The Morgan fingerprint density at radius 3 is 2.83 bits per heavy atom. The summed E-state index contributed by atoms with van der Waals surface area (Å²) in [6, 6.07) is 8.35. The molecule has 1 aromatic heterocycles. The molecule has 2 rings (SSSR count). The van der Waals surface area contributed by atoms with Crippen LogP contribution >= 0.6 is 0 Å². The molecule has 0 aliphatic heterocycles. The minimum atomic E-state index is -0.958. The Morgan fingerprint density at radius 2 is 2.17 bits per heavy atom. The van der Waals surface area contributed by atoms with E-state index in [1.165, 1.54) is 6.07 Å². The highest BCUT2D eigenvalue weighted by molar-refractivity contribution is 5.89. The molecule has 0 amide bonds. The van der Waals surface area contributed by atoms with Crippen LogP contribution in [0, 0.1) is 6.92 Å². The third-order valence-corrected chi connectivity index (χ3v) is 2.53. The van der Waals surface area contributed by atoms with Crippen molar-refractivity contribution < 1.29 is 9.90 Å². The fourth-order valence-corrected chi connectivity index (χ4v) is 1.51. The third kappa shape index (κ3) is 2.57. The number of aryl methyl sites for hydroxylation is 1. The Kier molecular flexibility index (Phi) is 3.14. The first-order valence-electron chi connectivity index (χ1n) is 5.39. The number of hydrogen-bond acceptors (Lipinski definition) is 4. The van der Waals surface area contributed by atoms with E-state index in [4.69, 9.17) is 10.8 Å². The summed E-state index contributed by atoms with van der Waals surface area (Å²) >= 11 is 0. The van der Waals surface area contributed by atoms with Crippen molar-refractivity contribution in [2.24, 2.45) is 0 Å². The molecule has 0 atom stereocenters. The van der Waals surface area contributed by atoms with Crippen molar-refractivity contribution in [1.82, 2.24) is 4.98 Å². The summed E-state index contributed by atoms with van der Waals surface area (Å²) in [4.78, 5) is 15.0. The zero-order chi connectivity index (χ0) is 13.1. The molecule has 0 spiro atoms. The van der Waals surface area contributed by atoms with Crippen molar-refractivity contribution in [3.8, 4) is 0 Å². The lowest BCUT2D eigenvalue weighted by Gasteiger charge is -2.08. The van der Waals surface area contributed by atoms with Crippen LogP contribution in [0.2, 0.25) is 0 Å². The number of nitrogens with one attached hydrogen (secondary N) is 1. The van der Waals surface area contributed by atoms with Crippen LogP contribution in [0.5, 0.6) is 0 Å². The highest BCUT2D eigenvalue weighted by atomic mass is 16.4. The van der Waals surface area contributed by atoms with Crippen molar-refractivity contribution in [3.63, 3.8) is 0 Å². The number of hydrogen-bond donors (Lipinski definition) is 3. The summed E-state index contributed by atoms with van der Waals surface area (Å²) in [5.41, 5.74) is 8.12. The van der Waals surface area contributed by atoms with Crippen LogP contribution in [0.4, 0.5) is 17.2 Å². The lowest BCUT2D eigenvalue weighted by molar-refractivity contribution is 0.0697. The Bertz CT molecular complexity index is 597. The molecule has 5 heteroatoms. The Labute approximate surface area is 104 Å². The number of nitrogen functional groups attached to an aromatic ring is 1. The van der Waals surface area contributed by atoms with Crippen LogP contribution in [0.3, 0.4) is 0 Å². The molecule has 0 fully saturated rings. The third-order valence-electron chi connectivity index (χ3n) is 2.53. The maximum absolute atomic E-state index is 10.8. The predicted octanol–water partition coefficient (Wildman–Crippen LogP) is 2.41. The molecule has 5 nitrogen and oxygen atoms in total. The molecule has 1 heterocycles. The van der Waals surface area contributed by atoms with Gasteiger partial charge in [-0.05, 0) is 36.8 Å². The lowest BCUT2D eigenvalue weighted by atomic mass is 10.2. The van der Waals surface area contributed by atoms with Crippen molar-refractivity contribution >= 4 is 23.2 Å². The number of aromatic carboxylic acids is 1. The minimum absolute atomic E-state index is 0.229. The Hall–Kier alpha value is -2.56. The standard InChI is InChI=1S/C13H13N3O2/c1-8-5-12(15-7-11(8)14)16-10-4-2-3-9(6-10)13(17)18/h2-7H,14H2,1H3,(H,15,16)(H,17,18). The Morgan fingerprint density at radius 1 is 1.39 bits per heavy atom. The van der Waals surface area contributed by atoms with Crippen LogP contribution in [0.15, 0.2) is 36.5 Å². The Balaban J connectivity index is 2.25. The molecule has 92 valence electrons. The van der Waals surface area contributed by atoms with Crippen molar-refractivity contribution in [2.75, 3.05) is 11.1 Å². The summed E-state index contributed by atoms with van der Waals surface area (Å²) in [5.74, 6) is -0.329. The summed E-state index contributed by atoms with van der Waals surface area (Å²) in [7, 11) is 0. The second kappa shape index (κ2) is 4.75. The second-order valence-corrected chi connectivity index (χ2v) is 3.94. The van der Waals surface area contributed by atoms with Gasteiger partial charge in [-0.3, -0.25) is 0 Å². The van der Waals surface area contributed by atoms with E-state index in [0.717, 1.165) is 5.56 Å². The molecule has 4 N–H and O–H groups in total. The van der Waals surface area contributed by atoms with E-state index in [2.05, 4.69) is 10.3 Å². The largest absolute Gasteiger partial charge is 0.478 e. The van der Waals surface area contributed by atoms with E-state index in [1.54, 1.807) is 24.4 Å². The molecular formula is C13H13N3O2. The fraction of sp³-hybridized carbons (Fsp3) is 0.0769. The van der Waals surface area contributed by atoms with Crippen LogP contribution in [-0.4, -0.2) is 16.1 Å².